The van der Waals surface area contributed by atoms with Gasteiger partial charge >= 0.3 is 0 Å². The summed E-state index contributed by atoms with van der Waals surface area (Å²) in [4.78, 5) is 0. The molecule has 2 N–H and O–H groups in total. The zero-order valence-electron chi connectivity index (χ0n) is 12.6. The van der Waals surface area contributed by atoms with Crippen molar-refractivity contribution in [3.05, 3.63) is 35.4 Å². The number of sulfonamides is 1. The lowest BCUT2D eigenvalue weighted by Gasteiger charge is -2.11. The van der Waals surface area contributed by atoms with Gasteiger partial charge in [0.2, 0.25) is 10.0 Å². The maximum atomic E-state index is 12.1. The molecule has 0 aliphatic heterocycles. The molecule has 0 spiro atoms. The van der Waals surface area contributed by atoms with Crippen LogP contribution in [0.1, 0.15) is 43.7 Å². The van der Waals surface area contributed by atoms with Crippen LogP contribution in [0.2, 0.25) is 0 Å². The molecule has 0 radical (unpaired) electrons. The summed E-state index contributed by atoms with van der Waals surface area (Å²) in [5.74, 6) is 0.0689. The summed E-state index contributed by atoms with van der Waals surface area (Å²) in [6, 6.07) is 8.56. The molecule has 0 atom stereocenters. The Labute approximate surface area is 127 Å². The third-order valence-corrected chi connectivity index (χ3v) is 5.67. The zero-order valence-corrected chi connectivity index (χ0v) is 13.4. The van der Waals surface area contributed by atoms with E-state index in [0.29, 0.717) is 12.6 Å². The van der Waals surface area contributed by atoms with Gasteiger partial charge in [-0.25, -0.2) is 13.1 Å². The summed E-state index contributed by atoms with van der Waals surface area (Å²) in [6.07, 6.45) is 4.80. The predicted molar refractivity (Wildman–Crippen MR) is 84.3 cm³/mol. The van der Waals surface area contributed by atoms with Crippen LogP contribution in [-0.4, -0.2) is 21.0 Å². The van der Waals surface area contributed by atoms with Crippen molar-refractivity contribution in [2.45, 2.75) is 50.9 Å². The number of benzene rings is 1. The Kier molecular flexibility index (Phi) is 4.08. The topological polar surface area (TPSA) is 58.2 Å². The monoisotopic (exact) mass is 308 g/mol. The number of hydrogen-bond acceptors (Lipinski definition) is 3. The SMILES string of the molecule is CC1(CNS(=O)(=O)Cc2ccc(CNC3CC3)cc2)CC1. The van der Waals surface area contributed by atoms with Gasteiger partial charge in [0, 0.05) is 19.1 Å². The lowest BCUT2D eigenvalue weighted by Crippen LogP contribution is -2.30. The summed E-state index contributed by atoms with van der Waals surface area (Å²) in [6.45, 7) is 3.56. The highest BCUT2D eigenvalue weighted by atomic mass is 32.2. The molecule has 0 saturated heterocycles. The molecule has 0 unspecified atom stereocenters. The molecule has 116 valence electrons. The number of nitrogens with one attached hydrogen (secondary N) is 2. The maximum Gasteiger partial charge on any atom is 0.215 e. The van der Waals surface area contributed by atoms with Crippen molar-refractivity contribution in [1.29, 1.82) is 0 Å². The molecular weight excluding hydrogens is 284 g/mol. The molecule has 5 heteroatoms. The first-order chi connectivity index (χ1) is 9.94. The van der Waals surface area contributed by atoms with Gasteiger partial charge < -0.3 is 5.32 Å². The molecule has 0 aromatic heterocycles. The molecule has 0 bridgehead atoms. The van der Waals surface area contributed by atoms with Crippen molar-refractivity contribution in [3.63, 3.8) is 0 Å². The maximum absolute atomic E-state index is 12.1. The Balaban J connectivity index is 1.50. The number of rotatable bonds is 8. The van der Waals surface area contributed by atoms with Gasteiger partial charge in [0.15, 0.2) is 0 Å². The smallest absolute Gasteiger partial charge is 0.215 e. The van der Waals surface area contributed by atoms with E-state index in [9.17, 15) is 8.42 Å². The van der Waals surface area contributed by atoms with Gasteiger partial charge in [-0.15, -0.1) is 0 Å². The standard InChI is InChI=1S/C16H24N2O2S/c1-16(8-9-16)12-18-21(19,20)11-14-4-2-13(3-5-14)10-17-15-6-7-15/h2-5,15,17-18H,6-12H2,1H3. The lowest BCUT2D eigenvalue weighted by atomic mass is 10.1. The van der Waals surface area contributed by atoms with Gasteiger partial charge in [-0.3, -0.25) is 0 Å². The van der Waals surface area contributed by atoms with Crippen LogP contribution in [0, 0.1) is 5.41 Å². The highest BCUT2D eigenvalue weighted by Crippen LogP contribution is 2.44. The average Bonchev–Trinajstić information content (AvgIpc) is 3.34. The molecule has 0 heterocycles. The van der Waals surface area contributed by atoms with E-state index in [1.54, 1.807) is 0 Å². The van der Waals surface area contributed by atoms with Gasteiger partial charge in [-0.1, -0.05) is 31.2 Å². The van der Waals surface area contributed by atoms with Crippen LogP contribution in [-0.2, 0) is 22.3 Å². The fourth-order valence-corrected chi connectivity index (χ4v) is 3.55. The summed E-state index contributed by atoms with van der Waals surface area (Å²) >= 11 is 0. The molecular formula is C16H24N2O2S. The molecule has 4 nitrogen and oxygen atoms in total. The van der Waals surface area contributed by atoms with Crippen LogP contribution in [0.15, 0.2) is 24.3 Å². The molecule has 2 saturated carbocycles. The second-order valence-electron chi connectivity index (χ2n) is 6.86. The highest BCUT2D eigenvalue weighted by Gasteiger charge is 2.37. The van der Waals surface area contributed by atoms with Crippen LogP contribution in [0.3, 0.4) is 0 Å². The minimum absolute atomic E-state index is 0.0689. The van der Waals surface area contributed by atoms with E-state index in [2.05, 4.69) is 17.0 Å². The van der Waals surface area contributed by atoms with E-state index >= 15 is 0 Å². The molecule has 0 amide bonds. The van der Waals surface area contributed by atoms with Crippen molar-refractivity contribution in [3.8, 4) is 0 Å². The van der Waals surface area contributed by atoms with Crippen LogP contribution in [0.4, 0.5) is 0 Å². The summed E-state index contributed by atoms with van der Waals surface area (Å²) in [5.41, 5.74) is 2.26. The number of hydrogen-bond donors (Lipinski definition) is 2. The largest absolute Gasteiger partial charge is 0.310 e. The first-order valence-corrected chi connectivity index (χ1v) is 9.38. The fourth-order valence-electron chi connectivity index (χ4n) is 2.25. The predicted octanol–water partition coefficient (Wildman–Crippen LogP) is 2.16. The third-order valence-electron chi connectivity index (χ3n) is 4.37. The zero-order chi connectivity index (χ0) is 14.9. The van der Waals surface area contributed by atoms with E-state index in [1.807, 2.05) is 24.3 Å². The summed E-state index contributed by atoms with van der Waals surface area (Å²) in [5, 5.41) is 3.45. The molecule has 1 aromatic carbocycles. The van der Waals surface area contributed by atoms with E-state index < -0.39 is 10.0 Å². The minimum Gasteiger partial charge on any atom is -0.310 e. The van der Waals surface area contributed by atoms with Crippen molar-refractivity contribution in [1.82, 2.24) is 10.0 Å². The van der Waals surface area contributed by atoms with Gasteiger partial charge in [0.1, 0.15) is 0 Å². The molecule has 3 rings (SSSR count). The van der Waals surface area contributed by atoms with Gasteiger partial charge in [0.25, 0.3) is 0 Å². The van der Waals surface area contributed by atoms with Gasteiger partial charge in [0.05, 0.1) is 5.75 Å². The quantitative estimate of drug-likeness (QED) is 0.774. The Hall–Kier alpha value is -0.910. The van der Waals surface area contributed by atoms with Gasteiger partial charge in [-0.2, -0.15) is 0 Å². The normalized spacial score (nSPS) is 20.4. The van der Waals surface area contributed by atoms with Crippen molar-refractivity contribution in [2.24, 2.45) is 5.41 Å². The van der Waals surface area contributed by atoms with Crippen molar-refractivity contribution in [2.75, 3.05) is 6.54 Å². The van der Waals surface area contributed by atoms with E-state index in [1.165, 1.54) is 18.4 Å². The van der Waals surface area contributed by atoms with Crippen LogP contribution < -0.4 is 10.0 Å². The lowest BCUT2D eigenvalue weighted by molar-refractivity contribution is 0.530. The van der Waals surface area contributed by atoms with Crippen molar-refractivity contribution < 1.29 is 8.42 Å². The van der Waals surface area contributed by atoms with Crippen LogP contribution in [0.5, 0.6) is 0 Å². The fraction of sp³-hybridized carbons (Fsp3) is 0.625. The minimum atomic E-state index is -3.22. The summed E-state index contributed by atoms with van der Waals surface area (Å²) in [7, 11) is -3.22. The highest BCUT2D eigenvalue weighted by molar-refractivity contribution is 7.88. The van der Waals surface area contributed by atoms with Crippen LogP contribution >= 0.6 is 0 Å². The Bertz CT molecular complexity index is 587. The Morgan fingerprint density at radius 3 is 2.33 bits per heavy atom. The Morgan fingerprint density at radius 1 is 1.14 bits per heavy atom. The van der Waals surface area contributed by atoms with Crippen LogP contribution in [0.25, 0.3) is 0 Å². The van der Waals surface area contributed by atoms with Crippen molar-refractivity contribution >= 4 is 10.0 Å². The second-order valence-corrected chi connectivity index (χ2v) is 8.67. The van der Waals surface area contributed by atoms with Gasteiger partial charge in [-0.05, 0) is 42.2 Å². The first-order valence-electron chi connectivity index (χ1n) is 7.73. The average molecular weight is 308 g/mol. The molecule has 2 aliphatic rings. The van der Waals surface area contributed by atoms with E-state index in [0.717, 1.165) is 24.9 Å². The molecule has 2 aliphatic carbocycles. The summed E-state index contributed by atoms with van der Waals surface area (Å²) < 4.78 is 26.9. The molecule has 2 fully saturated rings. The van der Waals surface area contributed by atoms with E-state index in [4.69, 9.17) is 0 Å². The van der Waals surface area contributed by atoms with E-state index in [-0.39, 0.29) is 11.2 Å². The second kappa shape index (κ2) is 5.71. The Morgan fingerprint density at radius 2 is 1.76 bits per heavy atom. The molecule has 21 heavy (non-hydrogen) atoms. The third kappa shape index (κ3) is 4.80. The molecule has 1 aromatic rings. The first kappa shape index (κ1) is 15.0.